The van der Waals surface area contributed by atoms with E-state index in [1.54, 1.807) is 0 Å². The molecule has 0 N–H and O–H groups in total. The molecule has 0 fully saturated rings. The van der Waals surface area contributed by atoms with Gasteiger partial charge >= 0.3 is 0 Å². The highest BCUT2D eigenvalue weighted by atomic mass is 16.5. The van der Waals surface area contributed by atoms with Crippen LogP contribution in [0.4, 0.5) is 0 Å². The van der Waals surface area contributed by atoms with Crippen LogP contribution in [0.1, 0.15) is 106 Å². The Morgan fingerprint density at radius 2 is 0.865 bits per heavy atom. The van der Waals surface area contributed by atoms with Gasteiger partial charge in [0.15, 0.2) is 0 Å². The van der Waals surface area contributed by atoms with Crippen LogP contribution in [0.2, 0.25) is 0 Å². The van der Waals surface area contributed by atoms with Crippen molar-refractivity contribution in [2.24, 2.45) is 11.8 Å². The molecule has 210 valence electrons. The first-order valence-corrected chi connectivity index (χ1v) is 14.6. The smallest absolute Gasteiger partial charge is 0.0717 e. The lowest BCUT2D eigenvalue weighted by Crippen LogP contribution is -2.01. The number of benzene rings is 3. The van der Waals surface area contributed by atoms with Crippen LogP contribution >= 0.6 is 0 Å². The third kappa shape index (κ3) is 26.5. The van der Waals surface area contributed by atoms with Gasteiger partial charge in [0, 0.05) is 6.61 Å². The van der Waals surface area contributed by atoms with E-state index in [0.717, 1.165) is 19.1 Å². The summed E-state index contributed by atoms with van der Waals surface area (Å²) in [5, 5.41) is 0. The van der Waals surface area contributed by atoms with Crippen LogP contribution < -0.4 is 0 Å². The Morgan fingerprint density at radius 3 is 1.19 bits per heavy atom. The zero-order valence-electron chi connectivity index (χ0n) is 26.4. The van der Waals surface area contributed by atoms with Gasteiger partial charge in [-0.05, 0) is 40.9 Å². The Kier molecular flexibility index (Phi) is 31.6. The summed E-state index contributed by atoms with van der Waals surface area (Å²) in [5.74, 6) is 2.04. The third-order valence-electron chi connectivity index (χ3n) is 4.52. The summed E-state index contributed by atoms with van der Waals surface area (Å²) in [4.78, 5) is 0. The largest absolute Gasteiger partial charge is 0.377 e. The van der Waals surface area contributed by atoms with Crippen LogP contribution in [0.15, 0.2) is 91.0 Å². The molecule has 3 aromatic rings. The minimum atomic E-state index is 0.619. The molecule has 0 saturated carbocycles. The van der Waals surface area contributed by atoms with Crippen molar-refractivity contribution in [3.8, 4) is 0 Å². The maximum absolute atomic E-state index is 5.48. The highest BCUT2D eigenvalue weighted by Crippen LogP contribution is 2.11. The molecule has 0 aliphatic rings. The van der Waals surface area contributed by atoms with Gasteiger partial charge < -0.3 is 4.74 Å². The summed E-state index contributed by atoms with van der Waals surface area (Å²) >= 11 is 0. The summed E-state index contributed by atoms with van der Waals surface area (Å²) in [6.45, 7) is 26.8. The van der Waals surface area contributed by atoms with Crippen LogP contribution in [-0.2, 0) is 17.8 Å². The Balaban J connectivity index is -0.000000428. The average molecular weight is 509 g/mol. The second-order valence-electron chi connectivity index (χ2n) is 9.04. The molecule has 37 heavy (non-hydrogen) atoms. The zero-order chi connectivity index (χ0) is 28.9. The number of ether oxygens (including phenoxy) is 1. The topological polar surface area (TPSA) is 9.23 Å². The molecule has 1 nitrogen and oxygen atoms in total. The third-order valence-corrected chi connectivity index (χ3v) is 4.52. The maximum Gasteiger partial charge on any atom is 0.0717 e. The SMILES string of the molecule is CC.CC.CC.CC(C)COCc1ccccc1.CC(C)Cc1ccccc1.CC(C)c1ccccc1. The van der Waals surface area contributed by atoms with E-state index >= 15 is 0 Å². The van der Waals surface area contributed by atoms with Gasteiger partial charge in [-0.15, -0.1) is 0 Å². The molecule has 3 aromatic carbocycles. The lowest BCUT2D eigenvalue weighted by atomic mass is 10.0. The average Bonchev–Trinajstić information content (AvgIpc) is 2.94. The number of rotatable bonds is 7. The molecule has 0 amide bonds. The summed E-state index contributed by atoms with van der Waals surface area (Å²) in [7, 11) is 0. The molecule has 0 saturated heterocycles. The Labute approximate surface area is 232 Å². The van der Waals surface area contributed by atoms with E-state index in [9.17, 15) is 0 Å². The van der Waals surface area contributed by atoms with Crippen LogP contribution in [0.5, 0.6) is 0 Å². The second kappa shape index (κ2) is 29.8. The van der Waals surface area contributed by atoms with E-state index in [1.165, 1.54) is 23.1 Å². The fraction of sp³-hybridized carbons (Fsp3) is 0.500. The zero-order valence-corrected chi connectivity index (χ0v) is 26.4. The highest BCUT2D eigenvalue weighted by Gasteiger charge is 1.95. The maximum atomic E-state index is 5.48. The molecular formula is C36H60O. The fourth-order valence-electron chi connectivity index (χ4n) is 2.91. The summed E-state index contributed by atoms with van der Waals surface area (Å²) in [5.41, 5.74) is 4.10. The predicted molar refractivity (Wildman–Crippen MR) is 170 cm³/mol. The van der Waals surface area contributed by atoms with E-state index in [2.05, 4.69) is 108 Å². The molecule has 0 unspecified atom stereocenters. The molecule has 0 atom stereocenters. The number of hydrogen-bond acceptors (Lipinski definition) is 1. The Bertz CT molecular complexity index is 762. The van der Waals surface area contributed by atoms with Gasteiger partial charge in [-0.1, -0.05) is 174 Å². The summed E-state index contributed by atoms with van der Waals surface area (Å²) < 4.78 is 5.48. The first-order chi connectivity index (χ1) is 17.9. The molecule has 0 bridgehead atoms. The highest BCUT2D eigenvalue weighted by molar-refractivity contribution is 5.17. The molecule has 1 heteroatoms. The van der Waals surface area contributed by atoms with Crippen molar-refractivity contribution in [1.29, 1.82) is 0 Å². The van der Waals surface area contributed by atoms with E-state index in [1.807, 2.05) is 65.8 Å². The lowest BCUT2D eigenvalue weighted by Gasteiger charge is -2.05. The van der Waals surface area contributed by atoms with Crippen molar-refractivity contribution in [2.75, 3.05) is 6.61 Å². The van der Waals surface area contributed by atoms with E-state index < -0.39 is 0 Å². The second-order valence-corrected chi connectivity index (χ2v) is 9.04. The number of hydrogen-bond donors (Lipinski definition) is 0. The van der Waals surface area contributed by atoms with Gasteiger partial charge in [-0.25, -0.2) is 0 Å². The van der Waals surface area contributed by atoms with Gasteiger partial charge in [-0.3, -0.25) is 0 Å². The first-order valence-electron chi connectivity index (χ1n) is 14.6. The van der Waals surface area contributed by atoms with Gasteiger partial charge in [-0.2, -0.15) is 0 Å². The van der Waals surface area contributed by atoms with E-state index in [0.29, 0.717) is 11.8 Å². The molecule has 0 aliphatic heterocycles. The molecule has 3 rings (SSSR count). The molecule has 0 aromatic heterocycles. The predicted octanol–water partition coefficient (Wildman–Crippen LogP) is 11.6. The van der Waals surface area contributed by atoms with Crippen LogP contribution in [-0.4, -0.2) is 6.61 Å². The van der Waals surface area contributed by atoms with Crippen molar-refractivity contribution >= 4 is 0 Å². The van der Waals surface area contributed by atoms with E-state index in [-0.39, 0.29) is 0 Å². The molecular weight excluding hydrogens is 448 g/mol. The summed E-state index contributed by atoms with van der Waals surface area (Å²) in [6, 6.07) is 31.4. The fourth-order valence-corrected chi connectivity index (χ4v) is 2.91. The first kappa shape index (κ1) is 39.1. The van der Waals surface area contributed by atoms with Crippen LogP contribution in [0, 0.1) is 11.8 Å². The van der Waals surface area contributed by atoms with Gasteiger partial charge in [0.25, 0.3) is 0 Å². The van der Waals surface area contributed by atoms with Gasteiger partial charge in [0.2, 0.25) is 0 Å². The Hall–Kier alpha value is -2.38. The van der Waals surface area contributed by atoms with Crippen molar-refractivity contribution in [1.82, 2.24) is 0 Å². The molecule has 0 aliphatic carbocycles. The van der Waals surface area contributed by atoms with Crippen molar-refractivity contribution in [3.63, 3.8) is 0 Å². The lowest BCUT2D eigenvalue weighted by molar-refractivity contribution is 0.0971. The van der Waals surface area contributed by atoms with Crippen LogP contribution in [0.25, 0.3) is 0 Å². The summed E-state index contributed by atoms with van der Waals surface area (Å²) in [6.07, 6.45) is 1.20. The van der Waals surface area contributed by atoms with Gasteiger partial charge in [0.05, 0.1) is 6.61 Å². The van der Waals surface area contributed by atoms with Crippen molar-refractivity contribution in [3.05, 3.63) is 108 Å². The molecule has 0 heterocycles. The van der Waals surface area contributed by atoms with E-state index in [4.69, 9.17) is 4.74 Å². The minimum Gasteiger partial charge on any atom is -0.377 e. The van der Waals surface area contributed by atoms with Gasteiger partial charge in [0.1, 0.15) is 0 Å². The van der Waals surface area contributed by atoms with Crippen LogP contribution in [0.3, 0.4) is 0 Å². The Morgan fingerprint density at radius 1 is 0.486 bits per heavy atom. The monoisotopic (exact) mass is 508 g/mol. The molecule has 0 spiro atoms. The van der Waals surface area contributed by atoms with Crippen molar-refractivity contribution in [2.45, 2.75) is 102 Å². The quantitative estimate of drug-likeness (QED) is 0.308. The molecule has 0 radical (unpaired) electrons. The normalized spacial score (nSPS) is 9.16. The standard InChI is InChI=1S/C11H16O.C10H14.C9H12.3C2H6/c1-10(2)8-12-9-11-6-4-3-5-7-11;1-9(2)8-10-6-4-3-5-7-10;1-8(2)9-6-4-3-5-7-9;3*1-2/h3-7,10H,8-9H2,1-2H3;3-7,9H,8H2,1-2H3;3-8H,1-2H3;3*1-2H3. The van der Waals surface area contributed by atoms with Crippen molar-refractivity contribution < 1.29 is 4.74 Å². The minimum absolute atomic E-state index is 0.619.